The van der Waals surface area contributed by atoms with Gasteiger partial charge >= 0.3 is 0 Å². The Hall–Kier alpha value is -5.80. The summed E-state index contributed by atoms with van der Waals surface area (Å²) in [6, 6.07) is 13.7. The molecule has 5 aromatic rings. The molecule has 1 unspecified atom stereocenters. The van der Waals surface area contributed by atoms with Gasteiger partial charge in [0, 0.05) is 114 Å². The Balaban J connectivity index is 0.638. The third-order valence-electron chi connectivity index (χ3n) is 14.6. The van der Waals surface area contributed by atoms with E-state index in [4.69, 9.17) is 31.3 Å². The summed E-state index contributed by atoms with van der Waals surface area (Å²) < 4.78 is 14.1. The second-order valence-electron chi connectivity index (χ2n) is 19.3. The van der Waals surface area contributed by atoms with Crippen LogP contribution in [0.25, 0.3) is 5.65 Å². The highest BCUT2D eigenvalue weighted by Crippen LogP contribution is 2.31. The number of ether oxygens (including phenoxy) is 2. The van der Waals surface area contributed by atoms with Gasteiger partial charge in [-0.05, 0) is 101 Å². The molecule has 3 aliphatic heterocycles. The van der Waals surface area contributed by atoms with Crippen molar-refractivity contribution in [3.8, 4) is 17.7 Å². The third kappa shape index (κ3) is 12.6. The number of nitriles is 1. The monoisotopic (exact) mass is 974 g/mol. The van der Waals surface area contributed by atoms with Crippen LogP contribution >= 0.6 is 11.6 Å². The summed E-state index contributed by atoms with van der Waals surface area (Å²) in [6.45, 7) is 12.9. The van der Waals surface area contributed by atoms with Crippen molar-refractivity contribution < 1.29 is 19.4 Å². The van der Waals surface area contributed by atoms with Crippen molar-refractivity contribution in [1.29, 1.82) is 5.26 Å². The summed E-state index contributed by atoms with van der Waals surface area (Å²) in [5.74, 6) is 3.75. The molecule has 3 saturated heterocycles. The van der Waals surface area contributed by atoms with E-state index in [1.165, 1.54) is 6.42 Å². The number of aryl methyl sites for hydroxylation is 1. The second kappa shape index (κ2) is 23.9. The summed E-state index contributed by atoms with van der Waals surface area (Å²) >= 11 is 6.17. The van der Waals surface area contributed by atoms with Crippen LogP contribution in [-0.2, 0) is 13.0 Å². The molecule has 4 aromatic heterocycles. The Bertz CT molecular complexity index is 2510. The first-order valence-electron chi connectivity index (χ1n) is 25.6. The Kier molecular flexibility index (Phi) is 16.8. The zero-order chi connectivity index (χ0) is 48.2. The fourth-order valence-corrected chi connectivity index (χ4v) is 10.7. The first-order valence-corrected chi connectivity index (χ1v) is 26.0. The Morgan fingerprint density at radius 3 is 2.43 bits per heavy atom. The molecule has 4 aliphatic rings. The molecule has 3 N–H and O–H groups in total. The Labute approximate surface area is 416 Å². The number of halogens is 1. The lowest BCUT2D eigenvalue weighted by molar-refractivity contribution is 0.0883. The van der Waals surface area contributed by atoms with Gasteiger partial charge in [0.25, 0.3) is 5.91 Å². The quantitative estimate of drug-likeness (QED) is 0.0736. The lowest BCUT2D eigenvalue weighted by atomic mass is 9.93. The lowest BCUT2D eigenvalue weighted by Crippen LogP contribution is -2.49. The second-order valence-corrected chi connectivity index (χ2v) is 19.7. The van der Waals surface area contributed by atoms with E-state index in [1.807, 2.05) is 23.0 Å². The van der Waals surface area contributed by atoms with Gasteiger partial charge in [-0.25, -0.2) is 19.9 Å². The van der Waals surface area contributed by atoms with E-state index in [9.17, 15) is 9.90 Å². The first kappa shape index (κ1) is 49.2. The number of aliphatic hydroxyl groups is 1. The Morgan fingerprint density at radius 2 is 1.70 bits per heavy atom. The first-order chi connectivity index (χ1) is 34.3. The number of amides is 1. The average molecular weight is 975 g/mol. The number of piperidine rings is 2. The predicted molar refractivity (Wildman–Crippen MR) is 271 cm³/mol. The minimum absolute atomic E-state index is 0.0348. The summed E-state index contributed by atoms with van der Waals surface area (Å²) in [5, 5.41) is 30.6. The molecule has 4 fully saturated rings. The summed E-state index contributed by atoms with van der Waals surface area (Å²) in [5.41, 5.74) is 4.44. The maximum atomic E-state index is 13.0. The number of carbonyl (C=O) groups excluding carboxylic acids is 1. The fourth-order valence-electron chi connectivity index (χ4n) is 10.5. The molecule has 17 nitrogen and oxygen atoms in total. The largest absolute Gasteiger partial charge is 0.490 e. The summed E-state index contributed by atoms with van der Waals surface area (Å²) in [7, 11) is 0. The van der Waals surface area contributed by atoms with Crippen LogP contribution in [0.5, 0.6) is 11.6 Å². The van der Waals surface area contributed by atoms with Gasteiger partial charge in [-0.2, -0.15) is 14.9 Å². The number of aromatic nitrogens is 6. The van der Waals surface area contributed by atoms with E-state index in [0.717, 1.165) is 164 Å². The number of piperazine rings is 1. The van der Waals surface area contributed by atoms with Crippen molar-refractivity contribution in [2.45, 2.75) is 109 Å². The average Bonchev–Trinajstić information content (AvgIpc) is 3.82. The molecule has 0 bridgehead atoms. The van der Waals surface area contributed by atoms with Crippen LogP contribution in [0.2, 0.25) is 5.02 Å². The van der Waals surface area contributed by atoms with Crippen molar-refractivity contribution in [3.05, 3.63) is 88.7 Å². The lowest BCUT2D eigenvalue weighted by Gasteiger charge is -2.39. The highest BCUT2D eigenvalue weighted by Gasteiger charge is 2.28. The van der Waals surface area contributed by atoms with E-state index < -0.39 is 0 Å². The third-order valence-corrected chi connectivity index (χ3v) is 14.9. The molecule has 1 saturated carbocycles. The van der Waals surface area contributed by atoms with Gasteiger partial charge < -0.3 is 44.8 Å². The van der Waals surface area contributed by atoms with E-state index in [2.05, 4.69) is 75.4 Å². The van der Waals surface area contributed by atoms with Gasteiger partial charge in [0.15, 0.2) is 5.65 Å². The molecular weight excluding hydrogens is 906 g/mol. The number of rotatable bonds is 19. The normalized spacial score (nSPS) is 20.6. The van der Waals surface area contributed by atoms with Crippen LogP contribution in [0, 0.1) is 17.2 Å². The zero-order valence-electron chi connectivity index (χ0n) is 40.5. The topological polar surface area (TPSA) is 185 Å². The van der Waals surface area contributed by atoms with E-state index in [-0.39, 0.29) is 30.5 Å². The van der Waals surface area contributed by atoms with Crippen molar-refractivity contribution in [2.24, 2.45) is 5.92 Å². The number of carbonyl (C=O) groups is 1. The molecule has 9 rings (SSSR count). The number of benzene rings is 1. The van der Waals surface area contributed by atoms with Crippen molar-refractivity contribution in [3.63, 3.8) is 0 Å². The highest BCUT2D eigenvalue weighted by molar-refractivity contribution is 6.31. The molecule has 70 heavy (non-hydrogen) atoms. The van der Waals surface area contributed by atoms with E-state index in [0.29, 0.717) is 47.3 Å². The van der Waals surface area contributed by atoms with Crippen LogP contribution in [-0.4, -0.2) is 141 Å². The highest BCUT2D eigenvalue weighted by atomic mass is 35.5. The fraction of sp³-hybridized carbons (Fsp3) is 0.558. The standard InChI is InChI=1S/C52H68ClN13O4/c1-2-39-33-59-66-47(29-48(61-51(39)66)65-19-4-3-6-42(65)17-26-67)55-31-38-7-14-49(56-32-38)69-27-5-18-62-22-24-63(25-23-62)36-37-15-20-64(21-16-37)43-34-57-50(58-35-43)52(68)60-41-9-12-44(13-10-41)70-45-11-8-40(30-54)46(53)28-45/h7-8,11,14,28-29,32-35,37,41-42,44,55,67H,2-6,9-10,12-13,15-27,31,36H2,1H3,(H,60,68)/t41-,42?,44-. The van der Waals surface area contributed by atoms with Gasteiger partial charge in [0.2, 0.25) is 11.7 Å². The molecule has 0 spiro atoms. The molecule has 1 amide bonds. The number of fused-ring (bicyclic) bond motifs is 1. The summed E-state index contributed by atoms with van der Waals surface area (Å²) in [4.78, 5) is 41.5. The van der Waals surface area contributed by atoms with Crippen molar-refractivity contribution in [2.75, 3.05) is 87.2 Å². The van der Waals surface area contributed by atoms with Gasteiger partial charge in [-0.15, -0.1) is 0 Å². The number of hydrogen-bond acceptors (Lipinski definition) is 15. The number of nitrogens with zero attached hydrogens (tertiary/aromatic N) is 11. The van der Waals surface area contributed by atoms with Gasteiger partial charge in [0.05, 0.1) is 47.6 Å². The SMILES string of the molecule is CCc1cnn2c(NCc3ccc(OCCCN4CCN(CC5CCN(c6cnc(C(=O)N[C@H]7CC[C@H](Oc8ccc(C#N)c(Cl)c8)CC7)nc6)CC5)CC4)nc3)cc(N3CCCCC3CCO)nc12. The predicted octanol–water partition coefficient (Wildman–Crippen LogP) is 6.78. The van der Waals surface area contributed by atoms with Gasteiger partial charge in [-0.3, -0.25) is 4.79 Å². The molecule has 18 heteroatoms. The molecule has 372 valence electrons. The van der Waals surface area contributed by atoms with E-state index in [1.54, 1.807) is 30.6 Å². The van der Waals surface area contributed by atoms with Crippen LogP contribution in [0.4, 0.5) is 17.3 Å². The maximum absolute atomic E-state index is 13.0. The molecule has 7 heterocycles. The van der Waals surface area contributed by atoms with Gasteiger partial charge in [-0.1, -0.05) is 24.6 Å². The van der Waals surface area contributed by atoms with Crippen molar-refractivity contribution in [1.82, 2.24) is 44.7 Å². The van der Waals surface area contributed by atoms with Gasteiger partial charge in [0.1, 0.15) is 23.5 Å². The van der Waals surface area contributed by atoms with Crippen LogP contribution in [0.1, 0.15) is 105 Å². The maximum Gasteiger partial charge on any atom is 0.289 e. The van der Waals surface area contributed by atoms with Crippen LogP contribution in [0.3, 0.4) is 0 Å². The summed E-state index contributed by atoms with van der Waals surface area (Å²) in [6.07, 6.45) is 18.8. The zero-order valence-corrected chi connectivity index (χ0v) is 41.3. The molecule has 1 atom stereocenters. The van der Waals surface area contributed by atoms with E-state index >= 15 is 0 Å². The molecule has 1 aliphatic carbocycles. The minimum atomic E-state index is -0.244. The number of nitrogens with one attached hydrogen (secondary N) is 2. The number of pyridine rings is 1. The smallest absolute Gasteiger partial charge is 0.289 e. The Morgan fingerprint density at radius 1 is 0.900 bits per heavy atom. The molecule has 0 radical (unpaired) electrons. The minimum Gasteiger partial charge on any atom is -0.490 e. The molecular formula is C52H68ClN13O4. The van der Waals surface area contributed by atoms with Crippen LogP contribution in [0.15, 0.2) is 61.2 Å². The number of anilines is 3. The van der Waals surface area contributed by atoms with Crippen LogP contribution < -0.4 is 29.9 Å². The number of aliphatic hydroxyl groups excluding tert-OH is 1. The molecule has 1 aromatic carbocycles. The number of hydrogen-bond donors (Lipinski definition) is 3. The van der Waals surface area contributed by atoms with Crippen molar-refractivity contribution >= 4 is 40.5 Å².